The van der Waals surface area contributed by atoms with Crippen LogP contribution < -0.4 is 15.4 Å². The molecule has 0 aliphatic rings. The maximum atomic E-state index is 13.4. The quantitative estimate of drug-likeness (QED) is 0.752. The minimum Gasteiger partial charge on any atom is -0.494 e. The summed E-state index contributed by atoms with van der Waals surface area (Å²) in [5.74, 6) is -0.328. The van der Waals surface area contributed by atoms with Crippen molar-refractivity contribution >= 4 is 6.03 Å². The summed E-state index contributed by atoms with van der Waals surface area (Å²) in [6.07, 6.45) is -0.785. The van der Waals surface area contributed by atoms with Gasteiger partial charge in [0.15, 0.2) is 11.6 Å². The van der Waals surface area contributed by atoms with Gasteiger partial charge < -0.3 is 20.5 Å². The van der Waals surface area contributed by atoms with Gasteiger partial charge >= 0.3 is 6.03 Å². The van der Waals surface area contributed by atoms with E-state index in [1.54, 1.807) is 19.1 Å². The zero-order chi connectivity index (χ0) is 18.4. The summed E-state index contributed by atoms with van der Waals surface area (Å²) in [4.78, 5) is 12.0. The number of benzene rings is 2. The number of aliphatic hydroxyl groups is 1. The molecule has 0 aromatic heterocycles. The van der Waals surface area contributed by atoms with E-state index in [1.165, 1.54) is 13.2 Å². The third kappa shape index (κ3) is 5.19. The second kappa shape index (κ2) is 8.48. The van der Waals surface area contributed by atoms with E-state index in [2.05, 4.69) is 10.6 Å². The average molecular weight is 346 g/mol. The van der Waals surface area contributed by atoms with Gasteiger partial charge in [0.25, 0.3) is 0 Å². The van der Waals surface area contributed by atoms with Gasteiger partial charge in [0.2, 0.25) is 0 Å². The maximum absolute atomic E-state index is 13.4. The molecule has 0 saturated heterocycles. The highest BCUT2D eigenvalue weighted by Crippen LogP contribution is 2.22. The Morgan fingerprint density at radius 2 is 1.84 bits per heavy atom. The van der Waals surface area contributed by atoms with Gasteiger partial charge in [-0.3, -0.25) is 0 Å². The number of rotatable bonds is 6. The number of aliphatic hydroxyl groups excluding tert-OH is 1. The molecule has 0 fully saturated rings. The number of nitrogens with one attached hydrogen (secondary N) is 2. The summed E-state index contributed by atoms with van der Waals surface area (Å²) in [5.41, 5.74) is 2.56. The number of urea groups is 1. The first-order valence-corrected chi connectivity index (χ1v) is 8.03. The predicted molar refractivity (Wildman–Crippen MR) is 94.0 cm³/mol. The number of halogens is 1. The first-order valence-electron chi connectivity index (χ1n) is 8.03. The van der Waals surface area contributed by atoms with Gasteiger partial charge in [-0.25, -0.2) is 9.18 Å². The fourth-order valence-corrected chi connectivity index (χ4v) is 2.37. The average Bonchev–Trinajstić information content (AvgIpc) is 2.60. The standard InChI is InChI=1S/C19H23FN2O3/c1-12-4-6-14(7-5-12)17(23)11-21-19(24)22-13(2)15-8-9-16(20)18(10-15)25-3/h4-10,13,17,23H,11H2,1-3H3,(H2,21,22,24). The molecule has 0 aliphatic heterocycles. The lowest BCUT2D eigenvalue weighted by molar-refractivity contribution is 0.172. The smallest absolute Gasteiger partial charge is 0.315 e. The molecule has 25 heavy (non-hydrogen) atoms. The highest BCUT2D eigenvalue weighted by molar-refractivity contribution is 5.74. The molecule has 5 nitrogen and oxygen atoms in total. The molecule has 0 heterocycles. The number of aryl methyl sites for hydroxylation is 1. The van der Waals surface area contributed by atoms with Crippen molar-refractivity contribution in [1.82, 2.24) is 10.6 Å². The predicted octanol–water partition coefficient (Wildman–Crippen LogP) is 3.24. The molecule has 0 radical (unpaired) electrons. The molecule has 2 rings (SSSR count). The van der Waals surface area contributed by atoms with Gasteiger partial charge in [-0.05, 0) is 37.1 Å². The fraction of sp³-hybridized carbons (Fsp3) is 0.316. The van der Waals surface area contributed by atoms with E-state index in [4.69, 9.17) is 4.74 Å². The van der Waals surface area contributed by atoms with E-state index in [0.29, 0.717) is 5.56 Å². The van der Waals surface area contributed by atoms with Gasteiger partial charge in [0, 0.05) is 6.54 Å². The summed E-state index contributed by atoms with van der Waals surface area (Å²) < 4.78 is 18.4. The molecule has 0 bridgehead atoms. The summed E-state index contributed by atoms with van der Waals surface area (Å²) in [6, 6.07) is 11.1. The second-order valence-corrected chi connectivity index (χ2v) is 5.90. The molecule has 2 unspecified atom stereocenters. The third-order valence-corrected chi connectivity index (χ3v) is 3.94. The second-order valence-electron chi connectivity index (χ2n) is 5.90. The molecule has 3 N–H and O–H groups in total. The zero-order valence-corrected chi connectivity index (χ0v) is 14.5. The van der Waals surface area contributed by atoms with Crippen LogP contribution >= 0.6 is 0 Å². The van der Waals surface area contributed by atoms with Crippen LogP contribution in [0.5, 0.6) is 5.75 Å². The van der Waals surface area contributed by atoms with Crippen LogP contribution in [0.3, 0.4) is 0 Å². The first kappa shape index (κ1) is 18.7. The lowest BCUT2D eigenvalue weighted by Crippen LogP contribution is -2.39. The van der Waals surface area contributed by atoms with Crippen LogP contribution in [0.15, 0.2) is 42.5 Å². The number of hydrogen-bond donors (Lipinski definition) is 3. The SMILES string of the molecule is COc1cc(C(C)NC(=O)NCC(O)c2ccc(C)cc2)ccc1F. The van der Waals surface area contributed by atoms with E-state index in [9.17, 15) is 14.3 Å². The van der Waals surface area contributed by atoms with E-state index < -0.39 is 18.0 Å². The number of methoxy groups -OCH3 is 1. The van der Waals surface area contributed by atoms with Gasteiger partial charge in [-0.2, -0.15) is 0 Å². The molecule has 2 aromatic carbocycles. The van der Waals surface area contributed by atoms with Crippen LogP contribution in [0, 0.1) is 12.7 Å². The van der Waals surface area contributed by atoms with Crippen LogP contribution in [-0.2, 0) is 0 Å². The van der Waals surface area contributed by atoms with Gasteiger partial charge in [0.05, 0.1) is 19.3 Å². The number of ether oxygens (including phenoxy) is 1. The van der Waals surface area contributed by atoms with Crippen LogP contribution in [0.2, 0.25) is 0 Å². The van der Waals surface area contributed by atoms with Crippen molar-refractivity contribution < 1.29 is 19.0 Å². The Morgan fingerprint density at radius 3 is 2.48 bits per heavy atom. The summed E-state index contributed by atoms with van der Waals surface area (Å²) in [6.45, 7) is 3.84. The monoisotopic (exact) mass is 346 g/mol. The molecule has 2 amide bonds. The minimum atomic E-state index is -0.785. The molecule has 2 atom stereocenters. The Kier molecular flexibility index (Phi) is 6.36. The van der Waals surface area contributed by atoms with Crippen LogP contribution in [0.1, 0.15) is 35.8 Å². The summed E-state index contributed by atoms with van der Waals surface area (Å²) in [5, 5.41) is 15.5. The normalized spacial score (nSPS) is 13.0. The topological polar surface area (TPSA) is 70.6 Å². The largest absolute Gasteiger partial charge is 0.494 e. The van der Waals surface area contributed by atoms with E-state index in [1.807, 2.05) is 31.2 Å². The third-order valence-electron chi connectivity index (χ3n) is 3.94. The molecule has 134 valence electrons. The van der Waals surface area contributed by atoms with Crippen molar-refractivity contribution in [3.8, 4) is 5.75 Å². The molecule has 2 aromatic rings. The van der Waals surface area contributed by atoms with E-state index in [-0.39, 0.29) is 18.3 Å². The molecular weight excluding hydrogens is 323 g/mol. The van der Waals surface area contributed by atoms with Crippen molar-refractivity contribution in [3.05, 3.63) is 65.0 Å². The Morgan fingerprint density at radius 1 is 1.20 bits per heavy atom. The van der Waals surface area contributed by atoms with Crippen molar-refractivity contribution in [1.29, 1.82) is 0 Å². The highest BCUT2D eigenvalue weighted by Gasteiger charge is 2.14. The van der Waals surface area contributed by atoms with Crippen molar-refractivity contribution in [2.75, 3.05) is 13.7 Å². The maximum Gasteiger partial charge on any atom is 0.315 e. The Bertz CT molecular complexity index is 719. The molecule has 0 aliphatic carbocycles. The van der Waals surface area contributed by atoms with Gasteiger partial charge in [-0.1, -0.05) is 35.9 Å². The fourth-order valence-electron chi connectivity index (χ4n) is 2.37. The number of carbonyl (C=O) groups is 1. The minimum absolute atomic E-state index is 0.0916. The van der Waals surface area contributed by atoms with Crippen molar-refractivity contribution in [3.63, 3.8) is 0 Å². The molecule has 0 saturated carbocycles. The van der Waals surface area contributed by atoms with E-state index in [0.717, 1.165) is 11.1 Å². The Hall–Kier alpha value is -2.60. The molecule has 0 spiro atoms. The van der Waals surface area contributed by atoms with Crippen molar-refractivity contribution in [2.45, 2.75) is 26.0 Å². The summed E-state index contributed by atoms with van der Waals surface area (Å²) >= 11 is 0. The van der Waals surface area contributed by atoms with Gasteiger partial charge in [0.1, 0.15) is 0 Å². The first-order chi connectivity index (χ1) is 11.9. The van der Waals surface area contributed by atoms with Gasteiger partial charge in [-0.15, -0.1) is 0 Å². The van der Waals surface area contributed by atoms with Crippen LogP contribution in [0.25, 0.3) is 0 Å². The Balaban J connectivity index is 1.88. The molecule has 6 heteroatoms. The highest BCUT2D eigenvalue weighted by atomic mass is 19.1. The Labute approximate surface area is 146 Å². The lowest BCUT2D eigenvalue weighted by atomic mass is 10.1. The lowest BCUT2D eigenvalue weighted by Gasteiger charge is -2.17. The van der Waals surface area contributed by atoms with Crippen LogP contribution in [0.4, 0.5) is 9.18 Å². The number of amides is 2. The number of carbonyl (C=O) groups excluding carboxylic acids is 1. The van der Waals surface area contributed by atoms with Crippen molar-refractivity contribution in [2.24, 2.45) is 0 Å². The number of hydrogen-bond acceptors (Lipinski definition) is 3. The summed E-state index contributed by atoms with van der Waals surface area (Å²) in [7, 11) is 1.39. The molecular formula is C19H23FN2O3. The van der Waals surface area contributed by atoms with Crippen LogP contribution in [-0.4, -0.2) is 24.8 Å². The van der Waals surface area contributed by atoms with E-state index >= 15 is 0 Å². The zero-order valence-electron chi connectivity index (χ0n) is 14.5.